The molecule has 0 unspecified atom stereocenters. The average molecular weight is 774 g/mol. The van der Waals surface area contributed by atoms with Crippen molar-refractivity contribution in [3.63, 3.8) is 0 Å². The molecule has 0 radical (unpaired) electrons. The Labute approximate surface area is 342 Å². The number of rotatable bonds is 6. The summed E-state index contributed by atoms with van der Waals surface area (Å²) >= 11 is 1.83. The van der Waals surface area contributed by atoms with E-state index in [1.165, 1.54) is 25.7 Å². The first kappa shape index (κ1) is 33.4. The van der Waals surface area contributed by atoms with Crippen molar-refractivity contribution in [1.29, 1.82) is 0 Å². The standard InChI is InChI=1S/C52H31N5OS/c1-3-15-32(16-4-1)49-54-50(34-18-11-17-33(31-34)36-22-12-23-38-37-21-7-10-30-45(37)59-48(36)38)56-51(55-49)39-24-13-28-43-46(39)47-40(25-14-29-44(47)58-43)52-53-41-26-8-9-27-42(41)57(52)35-19-5-2-6-20-35/h1-31H. The monoisotopic (exact) mass is 773 g/mol. The molecule has 0 atom stereocenters. The van der Waals surface area contributed by atoms with Gasteiger partial charge in [0.15, 0.2) is 17.5 Å². The van der Waals surface area contributed by atoms with Crippen molar-refractivity contribution in [2.24, 2.45) is 0 Å². The number of thiophene rings is 1. The molecule has 0 fully saturated rings. The number of fused-ring (bicyclic) bond motifs is 7. The Morgan fingerprint density at radius 2 is 1.02 bits per heavy atom. The number of furan rings is 1. The SMILES string of the molecule is c1ccc(-c2nc(-c3cccc(-c4cccc5c4sc4ccccc45)c3)nc(-c3cccc4oc5cccc(-c6nc7ccccc7n6-c6ccccc6)c5c34)n2)cc1. The van der Waals surface area contributed by atoms with Crippen LogP contribution in [0.2, 0.25) is 0 Å². The highest BCUT2D eigenvalue weighted by Crippen LogP contribution is 2.43. The van der Waals surface area contributed by atoms with Crippen molar-refractivity contribution in [1.82, 2.24) is 24.5 Å². The summed E-state index contributed by atoms with van der Waals surface area (Å²) in [6, 6.07) is 64.8. The third-order valence-electron chi connectivity index (χ3n) is 11.1. The summed E-state index contributed by atoms with van der Waals surface area (Å²) < 4.78 is 11.4. The first-order valence-electron chi connectivity index (χ1n) is 19.6. The molecule has 0 aliphatic rings. The predicted molar refractivity (Wildman–Crippen MR) is 242 cm³/mol. The second-order valence-corrected chi connectivity index (χ2v) is 15.6. The molecule has 0 spiro atoms. The van der Waals surface area contributed by atoms with E-state index in [1.807, 2.05) is 78.1 Å². The van der Waals surface area contributed by atoms with Crippen LogP contribution in [0.4, 0.5) is 0 Å². The number of hydrogen-bond donors (Lipinski definition) is 0. The summed E-state index contributed by atoms with van der Waals surface area (Å²) in [6.45, 7) is 0. The van der Waals surface area contributed by atoms with E-state index in [0.29, 0.717) is 17.5 Å². The van der Waals surface area contributed by atoms with Crippen LogP contribution in [0.1, 0.15) is 0 Å². The Balaban J connectivity index is 1.08. The molecule has 276 valence electrons. The van der Waals surface area contributed by atoms with Gasteiger partial charge in [-0.1, -0.05) is 140 Å². The molecule has 4 aromatic heterocycles. The Morgan fingerprint density at radius 1 is 0.424 bits per heavy atom. The van der Waals surface area contributed by atoms with Crippen LogP contribution >= 0.6 is 11.3 Å². The van der Waals surface area contributed by atoms with Crippen LogP contribution in [0.15, 0.2) is 192 Å². The van der Waals surface area contributed by atoms with Crippen LogP contribution in [-0.4, -0.2) is 24.5 Å². The third-order valence-corrected chi connectivity index (χ3v) is 12.3. The average Bonchev–Trinajstić information content (AvgIpc) is 4.01. The molecule has 0 amide bonds. The van der Waals surface area contributed by atoms with E-state index >= 15 is 0 Å². The van der Waals surface area contributed by atoms with E-state index in [-0.39, 0.29) is 0 Å². The van der Waals surface area contributed by atoms with Crippen LogP contribution in [0.25, 0.3) is 116 Å². The van der Waals surface area contributed by atoms with Gasteiger partial charge in [-0.05, 0) is 59.7 Å². The fourth-order valence-corrected chi connectivity index (χ4v) is 9.66. The molecule has 4 heterocycles. The van der Waals surface area contributed by atoms with Crippen LogP contribution in [0.5, 0.6) is 0 Å². The zero-order chi connectivity index (χ0) is 38.9. The molecule has 12 aromatic rings. The van der Waals surface area contributed by atoms with Gasteiger partial charge in [0.1, 0.15) is 17.0 Å². The summed E-state index contributed by atoms with van der Waals surface area (Å²) in [7, 11) is 0. The fraction of sp³-hybridized carbons (Fsp3) is 0. The summed E-state index contributed by atoms with van der Waals surface area (Å²) in [5.41, 5.74) is 10.4. The molecule has 0 saturated carbocycles. The molecule has 7 heteroatoms. The first-order chi connectivity index (χ1) is 29.2. The normalized spacial score (nSPS) is 11.7. The van der Waals surface area contributed by atoms with Gasteiger partial charge in [-0.3, -0.25) is 4.57 Å². The lowest BCUT2D eigenvalue weighted by Gasteiger charge is -2.12. The number of aromatic nitrogens is 5. The minimum Gasteiger partial charge on any atom is -0.456 e. The van der Waals surface area contributed by atoms with Gasteiger partial charge in [0.25, 0.3) is 0 Å². The maximum Gasteiger partial charge on any atom is 0.164 e. The number of benzene rings is 8. The van der Waals surface area contributed by atoms with E-state index in [1.54, 1.807) is 0 Å². The van der Waals surface area contributed by atoms with E-state index in [2.05, 4.69) is 126 Å². The van der Waals surface area contributed by atoms with Gasteiger partial charge in [-0.2, -0.15) is 0 Å². The lowest BCUT2D eigenvalue weighted by atomic mass is 10.00. The minimum atomic E-state index is 0.561. The molecule has 8 aromatic carbocycles. The van der Waals surface area contributed by atoms with Crippen molar-refractivity contribution >= 4 is 64.5 Å². The van der Waals surface area contributed by atoms with Gasteiger partial charge < -0.3 is 4.42 Å². The highest BCUT2D eigenvalue weighted by atomic mass is 32.1. The Morgan fingerprint density at radius 3 is 1.86 bits per heavy atom. The van der Waals surface area contributed by atoms with Gasteiger partial charge in [0, 0.05) is 58.9 Å². The molecule has 0 N–H and O–H groups in total. The number of hydrogen-bond acceptors (Lipinski definition) is 6. The van der Waals surface area contributed by atoms with E-state index in [9.17, 15) is 0 Å². The van der Waals surface area contributed by atoms with Crippen molar-refractivity contribution in [2.75, 3.05) is 0 Å². The number of para-hydroxylation sites is 3. The topological polar surface area (TPSA) is 69.6 Å². The van der Waals surface area contributed by atoms with Crippen molar-refractivity contribution in [3.05, 3.63) is 188 Å². The molecular weight excluding hydrogens is 743 g/mol. The third kappa shape index (κ3) is 5.47. The summed E-state index contributed by atoms with van der Waals surface area (Å²) in [5, 5.41) is 4.42. The Bertz CT molecular complexity index is 3570. The fourth-order valence-electron chi connectivity index (χ4n) is 8.43. The van der Waals surface area contributed by atoms with E-state index < -0.39 is 0 Å². The van der Waals surface area contributed by atoms with Gasteiger partial charge in [-0.15, -0.1) is 11.3 Å². The summed E-state index contributed by atoms with van der Waals surface area (Å²) in [6.07, 6.45) is 0. The first-order valence-corrected chi connectivity index (χ1v) is 20.4. The highest BCUT2D eigenvalue weighted by molar-refractivity contribution is 7.26. The zero-order valence-corrected chi connectivity index (χ0v) is 32.3. The van der Waals surface area contributed by atoms with Crippen LogP contribution < -0.4 is 0 Å². The maximum atomic E-state index is 6.64. The largest absolute Gasteiger partial charge is 0.456 e. The van der Waals surface area contributed by atoms with Crippen molar-refractivity contribution < 1.29 is 4.42 Å². The highest BCUT2D eigenvalue weighted by Gasteiger charge is 2.23. The second-order valence-electron chi connectivity index (χ2n) is 14.6. The van der Waals surface area contributed by atoms with Crippen molar-refractivity contribution in [3.8, 4) is 62.4 Å². The molecule has 0 aliphatic carbocycles. The molecule has 0 bridgehead atoms. The zero-order valence-electron chi connectivity index (χ0n) is 31.5. The van der Waals surface area contributed by atoms with Crippen LogP contribution in [0.3, 0.4) is 0 Å². The molecule has 6 nitrogen and oxygen atoms in total. The predicted octanol–water partition coefficient (Wildman–Crippen LogP) is 13.8. The summed E-state index contributed by atoms with van der Waals surface area (Å²) in [5.74, 6) is 2.58. The Kier molecular flexibility index (Phi) is 7.61. The molecule has 59 heavy (non-hydrogen) atoms. The van der Waals surface area contributed by atoms with Gasteiger partial charge in [-0.25, -0.2) is 19.9 Å². The van der Waals surface area contributed by atoms with Crippen molar-refractivity contribution in [2.45, 2.75) is 0 Å². The van der Waals surface area contributed by atoms with Gasteiger partial charge in [0.05, 0.1) is 11.0 Å². The molecule has 0 aliphatic heterocycles. The number of imidazole rings is 1. The van der Waals surface area contributed by atoms with Gasteiger partial charge >= 0.3 is 0 Å². The minimum absolute atomic E-state index is 0.561. The lowest BCUT2D eigenvalue weighted by molar-refractivity contribution is 0.669. The molecular formula is C52H31N5OS. The second kappa shape index (κ2) is 13.4. The maximum absolute atomic E-state index is 6.64. The van der Waals surface area contributed by atoms with Crippen LogP contribution in [-0.2, 0) is 0 Å². The van der Waals surface area contributed by atoms with E-state index in [4.69, 9.17) is 24.4 Å². The molecule has 12 rings (SSSR count). The smallest absolute Gasteiger partial charge is 0.164 e. The van der Waals surface area contributed by atoms with Crippen LogP contribution in [0, 0.1) is 0 Å². The van der Waals surface area contributed by atoms with Gasteiger partial charge in [0.2, 0.25) is 0 Å². The number of nitrogens with zero attached hydrogens (tertiary/aromatic N) is 5. The quantitative estimate of drug-likeness (QED) is 0.168. The summed E-state index contributed by atoms with van der Waals surface area (Å²) in [4.78, 5) is 20.9. The lowest BCUT2D eigenvalue weighted by Crippen LogP contribution is -2.01. The Hall–Kier alpha value is -7.74. The molecule has 0 saturated heterocycles. The van der Waals surface area contributed by atoms with E-state index in [0.717, 1.165) is 72.3 Å².